The Labute approximate surface area is 103 Å². The first-order valence-electron chi connectivity index (χ1n) is 5.40. The Bertz CT molecular complexity index is 346. The summed E-state index contributed by atoms with van der Waals surface area (Å²) in [5.41, 5.74) is 7.14. The summed E-state index contributed by atoms with van der Waals surface area (Å²) in [5, 5.41) is 0.696. The van der Waals surface area contributed by atoms with E-state index < -0.39 is 0 Å². The van der Waals surface area contributed by atoms with E-state index in [1.165, 1.54) is 0 Å². The Balaban J connectivity index is 3.01. The van der Waals surface area contributed by atoms with Gasteiger partial charge in [-0.2, -0.15) is 0 Å². The molecule has 1 aromatic carbocycles. The monoisotopic (exact) mass is 241 g/mol. The van der Waals surface area contributed by atoms with Gasteiger partial charge in [0.25, 0.3) is 0 Å². The molecule has 0 aliphatic heterocycles. The second kappa shape index (κ2) is 5.17. The Morgan fingerprint density at radius 2 is 1.81 bits per heavy atom. The van der Waals surface area contributed by atoms with Gasteiger partial charge in [-0.1, -0.05) is 50.6 Å². The lowest BCUT2D eigenvalue weighted by Gasteiger charge is -2.34. The average Bonchev–Trinajstić information content (AvgIpc) is 2.17. The lowest BCUT2D eigenvalue weighted by molar-refractivity contribution is -0.00241. The van der Waals surface area contributed by atoms with Gasteiger partial charge in [-0.25, -0.2) is 0 Å². The van der Waals surface area contributed by atoms with Crippen LogP contribution in [0.4, 0.5) is 0 Å². The van der Waals surface area contributed by atoms with Crippen molar-refractivity contribution < 1.29 is 4.74 Å². The second-order valence-corrected chi connectivity index (χ2v) is 5.48. The number of ether oxygens (including phenoxy) is 1. The predicted molar refractivity (Wildman–Crippen MR) is 68.6 cm³/mol. The van der Waals surface area contributed by atoms with Crippen LogP contribution in [0.2, 0.25) is 5.02 Å². The molecule has 0 spiro atoms. The fourth-order valence-electron chi connectivity index (χ4n) is 1.95. The van der Waals surface area contributed by atoms with Crippen LogP contribution in [0.5, 0.6) is 0 Å². The largest absolute Gasteiger partial charge is 0.379 e. The summed E-state index contributed by atoms with van der Waals surface area (Å²) in [4.78, 5) is 0. The standard InChI is InChI=1S/C13H20ClNO/c1-13(2,3)12(16-4)11(15)9-7-5-6-8-10(9)14/h5-8,11-12H,15H2,1-4H3. The quantitative estimate of drug-likeness (QED) is 0.880. The summed E-state index contributed by atoms with van der Waals surface area (Å²) in [6, 6.07) is 7.43. The van der Waals surface area contributed by atoms with Crippen LogP contribution in [0.1, 0.15) is 32.4 Å². The normalized spacial score (nSPS) is 15.9. The van der Waals surface area contributed by atoms with Crippen LogP contribution in [0.15, 0.2) is 24.3 Å². The summed E-state index contributed by atoms with van der Waals surface area (Å²) < 4.78 is 5.50. The number of halogens is 1. The number of methoxy groups -OCH3 is 1. The summed E-state index contributed by atoms with van der Waals surface area (Å²) in [6.07, 6.45) is -0.0626. The van der Waals surface area contributed by atoms with E-state index in [9.17, 15) is 0 Å². The van der Waals surface area contributed by atoms with E-state index in [1.807, 2.05) is 24.3 Å². The summed E-state index contributed by atoms with van der Waals surface area (Å²) >= 11 is 6.13. The fraction of sp³-hybridized carbons (Fsp3) is 0.538. The molecule has 2 N–H and O–H groups in total. The summed E-state index contributed by atoms with van der Waals surface area (Å²) in [7, 11) is 1.69. The predicted octanol–water partition coefficient (Wildman–Crippen LogP) is 3.40. The molecule has 0 aromatic heterocycles. The number of hydrogen-bond donors (Lipinski definition) is 1. The van der Waals surface area contributed by atoms with Gasteiger partial charge in [0, 0.05) is 12.1 Å². The molecule has 2 atom stereocenters. The highest BCUT2D eigenvalue weighted by Gasteiger charge is 2.31. The van der Waals surface area contributed by atoms with Crippen LogP contribution in [-0.4, -0.2) is 13.2 Å². The Kier molecular flexibility index (Phi) is 4.36. The van der Waals surface area contributed by atoms with Gasteiger partial charge in [0.15, 0.2) is 0 Å². The van der Waals surface area contributed by atoms with Gasteiger partial charge < -0.3 is 10.5 Å². The lowest BCUT2D eigenvalue weighted by atomic mass is 9.82. The molecule has 0 saturated heterocycles. The number of nitrogens with two attached hydrogens (primary N) is 1. The summed E-state index contributed by atoms with van der Waals surface area (Å²) in [6.45, 7) is 6.33. The minimum absolute atomic E-state index is 0.0205. The lowest BCUT2D eigenvalue weighted by Crippen LogP contribution is -2.38. The highest BCUT2D eigenvalue weighted by atomic mass is 35.5. The van der Waals surface area contributed by atoms with Crippen molar-refractivity contribution in [3.63, 3.8) is 0 Å². The van der Waals surface area contributed by atoms with Crippen molar-refractivity contribution in [2.45, 2.75) is 32.9 Å². The van der Waals surface area contributed by atoms with Crippen molar-refractivity contribution in [2.75, 3.05) is 7.11 Å². The zero-order valence-electron chi connectivity index (χ0n) is 10.3. The van der Waals surface area contributed by atoms with Crippen molar-refractivity contribution in [2.24, 2.45) is 11.1 Å². The van der Waals surface area contributed by atoms with Crippen LogP contribution >= 0.6 is 11.6 Å². The third-order valence-corrected chi connectivity index (χ3v) is 3.04. The van der Waals surface area contributed by atoms with E-state index >= 15 is 0 Å². The molecule has 2 nitrogen and oxygen atoms in total. The van der Waals surface area contributed by atoms with Crippen molar-refractivity contribution in [1.29, 1.82) is 0 Å². The highest BCUT2D eigenvalue weighted by molar-refractivity contribution is 6.31. The van der Waals surface area contributed by atoms with Crippen LogP contribution in [0, 0.1) is 5.41 Å². The van der Waals surface area contributed by atoms with Crippen LogP contribution in [0.3, 0.4) is 0 Å². The van der Waals surface area contributed by atoms with Gasteiger partial charge >= 0.3 is 0 Å². The van der Waals surface area contributed by atoms with Gasteiger partial charge in [0.1, 0.15) is 0 Å². The molecule has 90 valence electrons. The van der Waals surface area contributed by atoms with E-state index in [4.69, 9.17) is 22.1 Å². The van der Waals surface area contributed by atoms with Crippen molar-refractivity contribution >= 4 is 11.6 Å². The maximum atomic E-state index is 6.23. The van der Waals surface area contributed by atoms with Gasteiger partial charge in [-0.3, -0.25) is 0 Å². The second-order valence-electron chi connectivity index (χ2n) is 5.07. The first kappa shape index (κ1) is 13.5. The van der Waals surface area contributed by atoms with Crippen LogP contribution in [0.25, 0.3) is 0 Å². The SMILES string of the molecule is COC(C(N)c1ccccc1Cl)C(C)(C)C. The zero-order chi connectivity index (χ0) is 12.3. The van der Waals surface area contributed by atoms with Gasteiger partial charge in [-0.15, -0.1) is 0 Å². The molecule has 1 aromatic rings. The van der Waals surface area contributed by atoms with E-state index in [-0.39, 0.29) is 17.6 Å². The molecule has 0 saturated carbocycles. The van der Waals surface area contributed by atoms with Crippen LogP contribution < -0.4 is 5.73 Å². The maximum Gasteiger partial charge on any atom is 0.0812 e. The van der Waals surface area contributed by atoms with Crippen molar-refractivity contribution in [1.82, 2.24) is 0 Å². The first-order chi connectivity index (χ1) is 7.38. The van der Waals surface area contributed by atoms with Crippen molar-refractivity contribution in [3.05, 3.63) is 34.9 Å². The fourth-order valence-corrected chi connectivity index (χ4v) is 2.21. The molecule has 0 aliphatic rings. The third kappa shape index (κ3) is 2.97. The Morgan fingerprint density at radius 3 is 2.25 bits per heavy atom. The summed E-state index contributed by atoms with van der Waals surface area (Å²) in [5.74, 6) is 0. The van der Waals surface area contributed by atoms with Gasteiger partial charge in [0.05, 0.1) is 12.1 Å². The zero-order valence-corrected chi connectivity index (χ0v) is 11.1. The molecule has 16 heavy (non-hydrogen) atoms. The number of benzene rings is 1. The topological polar surface area (TPSA) is 35.2 Å². The molecule has 0 bridgehead atoms. The number of hydrogen-bond acceptors (Lipinski definition) is 2. The molecular weight excluding hydrogens is 222 g/mol. The van der Waals surface area contributed by atoms with Gasteiger partial charge in [-0.05, 0) is 17.0 Å². The maximum absolute atomic E-state index is 6.23. The van der Waals surface area contributed by atoms with Crippen molar-refractivity contribution in [3.8, 4) is 0 Å². The number of rotatable bonds is 3. The molecular formula is C13H20ClNO. The molecule has 0 amide bonds. The van der Waals surface area contributed by atoms with E-state index in [2.05, 4.69) is 20.8 Å². The molecule has 3 heteroatoms. The molecule has 0 radical (unpaired) electrons. The van der Waals surface area contributed by atoms with Gasteiger partial charge in [0.2, 0.25) is 0 Å². The highest BCUT2D eigenvalue weighted by Crippen LogP contribution is 2.33. The van der Waals surface area contributed by atoms with E-state index in [1.54, 1.807) is 7.11 Å². The molecule has 0 heterocycles. The minimum Gasteiger partial charge on any atom is -0.379 e. The first-order valence-corrected chi connectivity index (χ1v) is 5.78. The minimum atomic E-state index is -0.210. The molecule has 0 aliphatic carbocycles. The molecule has 1 rings (SSSR count). The molecule has 0 fully saturated rings. The van der Waals surface area contributed by atoms with Crippen LogP contribution in [-0.2, 0) is 4.74 Å². The van der Waals surface area contributed by atoms with E-state index in [0.29, 0.717) is 5.02 Å². The third-order valence-electron chi connectivity index (χ3n) is 2.70. The van der Waals surface area contributed by atoms with E-state index in [0.717, 1.165) is 5.56 Å². The Hall–Kier alpha value is -0.570. The molecule has 2 unspecified atom stereocenters. The Morgan fingerprint density at radius 1 is 1.25 bits per heavy atom. The smallest absolute Gasteiger partial charge is 0.0812 e. The average molecular weight is 242 g/mol.